The highest BCUT2D eigenvalue weighted by atomic mass is 32.2. The van der Waals surface area contributed by atoms with E-state index in [1.165, 1.54) is 4.90 Å². The van der Waals surface area contributed by atoms with E-state index in [2.05, 4.69) is 34.9 Å². The highest BCUT2D eigenvalue weighted by molar-refractivity contribution is 7.99. The Hall–Kier alpha value is -0.550. The summed E-state index contributed by atoms with van der Waals surface area (Å²) in [5.41, 5.74) is -0.521. The minimum Gasteiger partial charge on any atom is -0.387 e. The number of hydrogen-bond donors (Lipinski definition) is 3. The van der Waals surface area contributed by atoms with Crippen LogP contribution in [0, 0.1) is 0 Å². The van der Waals surface area contributed by atoms with E-state index in [4.69, 9.17) is 0 Å². The minimum atomic E-state index is -0.521. The number of hydrogen-bond acceptors (Lipinski definition) is 4. The fraction of sp³-hybridized carbons (Fsp3) is 0.571. The molecule has 0 unspecified atom stereocenters. The fourth-order valence-electron chi connectivity index (χ4n) is 2.11. The van der Waals surface area contributed by atoms with Crippen molar-refractivity contribution in [3.8, 4) is 0 Å². The normalized spacial score (nSPS) is 23.4. The molecule has 1 fully saturated rings. The molecule has 1 aromatic rings. The van der Waals surface area contributed by atoms with Crippen molar-refractivity contribution < 1.29 is 5.11 Å². The van der Waals surface area contributed by atoms with Crippen molar-refractivity contribution >= 4 is 11.8 Å². The molecule has 0 aliphatic carbocycles. The Bertz CT molecular complexity index is 339. The molecule has 1 atom stereocenters. The molecule has 0 aromatic heterocycles. The van der Waals surface area contributed by atoms with Gasteiger partial charge < -0.3 is 15.7 Å². The number of aliphatic hydroxyl groups is 1. The lowest BCUT2D eigenvalue weighted by Crippen LogP contribution is -2.42. The predicted octanol–water partition coefficient (Wildman–Crippen LogP) is 1.48. The summed E-state index contributed by atoms with van der Waals surface area (Å²) in [6.45, 7) is 3.33. The molecular weight excluding hydrogens is 244 g/mol. The van der Waals surface area contributed by atoms with E-state index in [-0.39, 0.29) is 0 Å². The van der Waals surface area contributed by atoms with E-state index in [1.807, 2.05) is 17.8 Å². The van der Waals surface area contributed by atoms with Crippen molar-refractivity contribution in [2.45, 2.75) is 23.3 Å². The number of benzene rings is 1. The molecule has 3 nitrogen and oxygen atoms in total. The maximum absolute atomic E-state index is 10.1. The molecule has 2 rings (SSSR count). The Morgan fingerprint density at radius 3 is 2.89 bits per heavy atom. The van der Waals surface area contributed by atoms with Crippen molar-refractivity contribution in [2.75, 3.05) is 31.9 Å². The third-order valence-electron chi connectivity index (χ3n) is 3.19. The van der Waals surface area contributed by atoms with E-state index >= 15 is 0 Å². The summed E-state index contributed by atoms with van der Waals surface area (Å²) in [6, 6.07) is 10.5. The van der Waals surface area contributed by atoms with Gasteiger partial charge in [0.05, 0.1) is 5.60 Å². The third kappa shape index (κ3) is 4.61. The quantitative estimate of drug-likeness (QED) is 0.517. The average Bonchev–Trinajstić information content (AvgIpc) is 2.82. The summed E-state index contributed by atoms with van der Waals surface area (Å²) >= 11 is 1.89. The van der Waals surface area contributed by atoms with Gasteiger partial charge in [-0.15, -0.1) is 11.8 Å². The van der Waals surface area contributed by atoms with Gasteiger partial charge in [-0.1, -0.05) is 18.2 Å². The molecule has 0 saturated carbocycles. The molecule has 0 radical (unpaired) electrons. The van der Waals surface area contributed by atoms with Gasteiger partial charge in [0.25, 0.3) is 0 Å². The molecule has 1 aromatic carbocycles. The number of rotatable bonds is 7. The second kappa shape index (κ2) is 7.14. The molecule has 0 bridgehead atoms. The first-order valence-corrected chi connectivity index (χ1v) is 7.59. The van der Waals surface area contributed by atoms with Gasteiger partial charge in [0.1, 0.15) is 0 Å². The Morgan fingerprint density at radius 2 is 2.17 bits per heavy atom. The molecule has 1 heterocycles. The summed E-state index contributed by atoms with van der Waals surface area (Å²) in [6.07, 6.45) is 1.99. The van der Waals surface area contributed by atoms with Crippen LogP contribution in [0.15, 0.2) is 35.2 Å². The maximum atomic E-state index is 10.1. The topological polar surface area (TPSA) is 44.3 Å². The monoisotopic (exact) mass is 266 g/mol. The lowest BCUT2D eigenvalue weighted by Gasteiger charge is -2.21. The van der Waals surface area contributed by atoms with Gasteiger partial charge in [0, 0.05) is 18.0 Å². The molecule has 4 heteroatoms. The molecule has 100 valence electrons. The first kappa shape index (κ1) is 13.9. The highest BCUT2D eigenvalue weighted by Crippen LogP contribution is 2.17. The Labute approximate surface area is 113 Å². The molecule has 1 aliphatic rings. The zero-order chi connectivity index (χ0) is 12.7. The van der Waals surface area contributed by atoms with Crippen molar-refractivity contribution in [3.63, 3.8) is 0 Å². The summed E-state index contributed by atoms with van der Waals surface area (Å²) in [5.74, 6) is 1.12. The Balaban J connectivity index is 1.51. The Morgan fingerprint density at radius 1 is 1.33 bits per heavy atom. The van der Waals surface area contributed by atoms with Gasteiger partial charge in [-0.3, -0.25) is 0 Å². The SMILES string of the molecule is O[C@@]1(CNCCCSc2ccccc2)CCNC1. The van der Waals surface area contributed by atoms with Gasteiger partial charge in [-0.05, 0) is 43.8 Å². The molecule has 0 spiro atoms. The number of thioether (sulfide) groups is 1. The number of β-amino-alcohol motifs (C(OH)–C–C–N with tert-alkyl or cyclic N) is 1. The zero-order valence-electron chi connectivity index (χ0n) is 10.7. The van der Waals surface area contributed by atoms with Crippen LogP contribution in [0.4, 0.5) is 0 Å². The highest BCUT2D eigenvalue weighted by Gasteiger charge is 2.29. The van der Waals surface area contributed by atoms with Crippen molar-refractivity contribution in [3.05, 3.63) is 30.3 Å². The smallest absolute Gasteiger partial charge is 0.0907 e. The van der Waals surface area contributed by atoms with Crippen LogP contribution in [0.5, 0.6) is 0 Å². The molecule has 3 N–H and O–H groups in total. The summed E-state index contributed by atoms with van der Waals surface area (Å²) in [5, 5.41) is 16.6. The van der Waals surface area contributed by atoms with Crippen LogP contribution in [0.1, 0.15) is 12.8 Å². The number of nitrogens with one attached hydrogen (secondary N) is 2. The molecule has 18 heavy (non-hydrogen) atoms. The van der Waals surface area contributed by atoms with Crippen LogP contribution < -0.4 is 10.6 Å². The Kier molecular flexibility index (Phi) is 5.50. The second-order valence-electron chi connectivity index (χ2n) is 4.84. The van der Waals surface area contributed by atoms with Gasteiger partial charge in [-0.2, -0.15) is 0 Å². The van der Waals surface area contributed by atoms with Crippen LogP contribution in [-0.2, 0) is 0 Å². The largest absolute Gasteiger partial charge is 0.387 e. The van der Waals surface area contributed by atoms with E-state index < -0.39 is 5.60 Å². The minimum absolute atomic E-state index is 0.521. The van der Waals surface area contributed by atoms with Gasteiger partial charge in [0.15, 0.2) is 0 Å². The lowest BCUT2D eigenvalue weighted by atomic mass is 10.0. The standard InChI is InChI=1S/C14H22N2OS/c17-14(7-9-16-12-14)11-15-8-4-10-18-13-5-2-1-3-6-13/h1-3,5-6,15-17H,4,7-12H2/t14-/m1/s1. The van der Waals surface area contributed by atoms with Crippen molar-refractivity contribution in [1.82, 2.24) is 10.6 Å². The second-order valence-corrected chi connectivity index (χ2v) is 6.01. The maximum Gasteiger partial charge on any atom is 0.0907 e. The summed E-state index contributed by atoms with van der Waals surface area (Å²) < 4.78 is 0. The summed E-state index contributed by atoms with van der Waals surface area (Å²) in [4.78, 5) is 1.33. The molecule has 1 aliphatic heterocycles. The van der Waals surface area contributed by atoms with Crippen molar-refractivity contribution in [2.24, 2.45) is 0 Å². The molecular formula is C14H22N2OS. The van der Waals surface area contributed by atoms with Crippen LogP contribution >= 0.6 is 11.8 Å². The fourth-order valence-corrected chi connectivity index (χ4v) is 2.98. The van der Waals surface area contributed by atoms with Crippen LogP contribution in [0.25, 0.3) is 0 Å². The van der Waals surface area contributed by atoms with Crippen LogP contribution in [0.2, 0.25) is 0 Å². The summed E-state index contributed by atoms with van der Waals surface area (Å²) in [7, 11) is 0. The van der Waals surface area contributed by atoms with Gasteiger partial charge >= 0.3 is 0 Å². The predicted molar refractivity (Wildman–Crippen MR) is 77.1 cm³/mol. The van der Waals surface area contributed by atoms with E-state index in [0.717, 1.165) is 38.2 Å². The van der Waals surface area contributed by atoms with E-state index in [0.29, 0.717) is 6.54 Å². The van der Waals surface area contributed by atoms with Crippen LogP contribution in [0.3, 0.4) is 0 Å². The zero-order valence-corrected chi connectivity index (χ0v) is 11.5. The molecule has 1 saturated heterocycles. The lowest BCUT2D eigenvalue weighted by molar-refractivity contribution is 0.0614. The average molecular weight is 266 g/mol. The van der Waals surface area contributed by atoms with Gasteiger partial charge in [0.2, 0.25) is 0 Å². The van der Waals surface area contributed by atoms with E-state index in [1.54, 1.807) is 0 Å². The van der Waals surface area contributed by atoms with Gasteiger partial charge in [-0.25, -0.2) is 0 Å². The first-order valence-electron chi connectivity index (χ1n) is 6.60. The van der Waals surface area contributed by atoms with Crippen LogP contribution in [-0.4, -0.2) is 42.6 Å². The first-order chi connectivity index (χ1) is 8.79. The molecule has 0 amide bonds. The van der Waals surface area contributed by atoms with Crippen molar-refractivity contribution in [1.29, 1.82) is 0 Å². The van der Waals surface area contributed by atoms with E-state index in [9.17, 15) is 5.11 Å². The third-order valence-corrected chi connectivity index (χ3v) is 4.28.